The van der Waals surface area contributed by atoms with E-state index < -0.39 is 23.8 Å². The summed E-state index contributed by atoms with van der Waals surface area (Å²) in [7, 11) is 0. The molecule has 2 N–H and O–H groups in total. The van der Waals surface area contributed by atoms with Crippen molar-refractivity contribution in [1.82, 2.24) is 14.9 Å². The number of rotatable bonds is 4. The molecule has 3 heterocycles. The lowest BCUT2D eigenvalue weighted by molar-refractivity contribution is -0.137. The van der Waals surface area contributed by atoms with Crippen molar-refractivity contribution in [3.63, 3.8) is 0 Å². The first kappa shape index (κ1) is 25.1. The highest BCUT2D eigenvalue weighted by Crippen LogP contribution is 2.47. The number of para-hydroxylation sites is 1. The molecule has 0 bridgehead atoms. The van der Waals surface area contributed by atoms with Gasteiger partial charge in [-0.25, -0.2) is 0 Å². The fourth-order valence-electron chi connectivity index (χ4n) is 4.99. The molecule has 1 aliphatic rings. The van der Waals surface area contributed by atoms with Crippen molar-refractivity contribution in [1.29, 1.82) is 0 Å². The van der Waals surface area contributed by atoms with E-state index in [9.17, 15) is 18.3 Å². The summed E-state index contributed by atoms with van der Waals surface area (Å²) in [4.78, 5) is 6.26. The van der Waals surface area contributed by atoms with Gasteiger partial charge in [0.2, 0.25) is 0 Å². The van der Waals surface area contributed by atoms with Crippen LogP contribution >= 0.6 is 23.8 Å². The Labute approximate surface area is 222 Å². The Kier molecular flexibility index (Phi) is 6.37. The van der Waals surface area contributed by atoms with Gasteiger partial charge in [0.15, 0.2) is 5.11 Å². The molecule has 2 aromatic heterocycles. The average molecular weight is 543 g/mol. The number of anilines is 1. The van der Waals surface area contributed by atoms with Crippen molar-refractivity contribution < 1.29 is 18.3 Å². The van der Waals surface area contributed by atoms with Crippen LogP contribution in [0, 0.1) is 13.8 Å². The van der Waals surface area contributed by atoms with E-state index in [1.165, 1.54) is 18.2 Å². The predicted octanol–water partition coefficient (Wildman–Crippen LogP) is 7.04. The van der Waals surface area contributed by atoms with E-state index in [1.807, 2.05) is 18.2 Å². The van der Waals surface area contributed by atoms with Gasteiger partial charge in [0.25, 0.3) is 0 Å². The minimum Gasteiger partial charge on any atom is -0.506 e. The molecule has 1 aliphatic heterocycles. The molecule has 10 heteroatoms. The zero-order valence-corrected chi connectivity index (χ0v) is 21.4. The van der Waals surface area contributed by atoms with Crippen molar-refractivity contribution >= 4 is 34.6 Å². The van der Waals surface area contributed by atoms with E-state index in [1.54, 1.807) is 53.8 Å². The van der Waals surface area contributed by atoms with Gasteiger partial charge >= 0.3 is 6.18 Å². The standard InChI is InChI=1S/C27H22ClF3N4OS/c1-15-13-18(16(2)34(15)21-9-4-3-7-19(21)27(29,30)31)25-24(20-8-5-6-12-32-20)33-26(37)35(25)22-14-17(28)10-11-23(22)36/h3-14,24-25,36H,1-2H3,(H,33,37)/t24-,25-/m0/s1. The smallest absolute Gasteiger partial charge is 0.418 e. The molecule has 1 fully saturated rings. The van der Waals surface area contributed by atoms with Gasteiger partial charge in [-0.2, -0.15) is 13.2 Å². The Morgan fingerprint density at radius 2 is 1.73 bits per heavy atom. The first-order chi connectivity index (χ1) is 17.6. The van der Waals surface area contributed by atoms with Crippen LogP contribution in [0.5, 0.6) is 5.75 Å². The number of benzene rings is 2. The topological polar surface area (TPSA) is 53.3 Å². The lowest BCUT2D eigenvalue weighted by Crippen LogP contribution is -2.29. The summed E-state index contributed by atoms with van der Waals surface area (Å²) in [5, 5.41) is 14.8. The minimum absolute atomic E-state index is 0.0311. The van der Waals surface area contributed by atoms with Gasteiger partial charge in [-0.05, 0) is 80.2 Å². The van der Waals surface area contributed by atoms with Crippen LogP contribution in [0.2, 0.25) is 5.02 Å². The van der Waals surface area contributed by atoms with Crippen LogP contribution in [-0.2, 0) is 6.18 Å². The molecule has 4 aromatic rings. The van der Waals surface area contributed by atoms with Crippen LogP contribution in [0.25, 0.3) is 5.69 Å². The number of aromatic nitrogens is 2. The molecule has 0 amide bonds. The molecule has 5 nitrogen and oxygen atoms in total. The van der Waals surface area contributed by atoms with Gasteiger partial charge in [-0.1, -0.05) is 29.8 Å². The molecule has 2 aromatic carbocycles. The molecule has 0 unspecified atom stereocenters. The number of halogens is 4. The first-order valence-electron chi connectivity index (χ1n) is 11.4. The number of aromatic hydroxyl groups is 1. The van der Waals surface area contributed by atoms with Crippen molar-refractivity contribution in [2.45, 2.75) is 32.1 Å². The van der Waals surface area contributed by atoms with E-state index >= 15 is 0 Å². The van der Waals surface area contributed by atoms with E-state index in [4.69, 9.17) is 23.8 Å². The van der Waals surface area contributed by atoms with Gasteiger partial charge in [-0.15, -0.1) is 0 Å². The van der Waals surface area contributed by atoms with Crippen LogP contribution in [0.1, 0.15) is 40.3 Å². The summed E-state index contributed by atoms with van der Waals surface area (Å²) in [5.41, 5.74) is 2.35. The zero-order valence-electron chi connectivity index (χ0n) is 19.8. The number of aryl methyl sites for hydroxylation is 1. The second kappa shape index (κ2) is 9.39. The Balaban J connectivity index is 1.73. The minimum atomic E-state index is -4.52. The fraction of sp³-hybridized carbons (Fsp3) is 0.185. The number of hydrogen-bond donors (Lipinski definition) is 2. The van der Waals surface area contributed by atoms with E-state index in [0.717, 1.165) is 11.6 Å². The molecule has 5 rings (SSSR count). The number of pyridine rings is 1. The van der Waals surface area contributed by atoms with Crippen molar-refractivity contribution in [2.75, 3.05) is 4.90 Å². The second-order valence-electron chi connectivity index (χ2n) is 8.81. The Morgan fingerprint density at radius 1 is 1.00 bits per heavy atom. The zero-order chi connectivity index (χ0) is 26.5. The molecule has 2 atom stereocenters. The predicted molar refractivity (Wildman–Crippen MR) is 141 cm³/mol. The van der Waals surface area contributed by atoms with E-state index in [2.05, 4.69) is 10.3 Å². The molecular formula is C27H22ClF3N4OS. The Morgan fingerprint density at radius 3 is 2.43 bits per heavy atom. The molecule has 0 saturated carbocycles. The van der Waals surface area contributed by atoms with Crippen LogP contribution < -0.4 is 10.2 Å². The van der Waals surface area contributed by atoms with Crippen LogP contribution in [0.15, 0.2) is 72.9 Å². The van der Waals surface area contributed by atoms with Gasteiger partial charge in [0.1, 0.15) is 5.75 Å². The van der Waals surface area contributed by atoms with Gasteiger partial charge in [-0.3, -0.25) is 4.98 Å². The summed E-state index contributed by atoms with van der Waals surface area (Å²) in [6.45, 7) is 3.55. The molecular weight excluding hydrogens is 521 g/mol. The van der Waals surface area contributed by atoms with Crippen LogP contribution in [0.4, 0.5) is 18.9 Å². The number of nitrogens with one attached hydrogen (secondary N) is 1. The fourth-order valence-corrected chi connectivity index (χ4v) is 5.49. The van der Waals surface area contributed by atoms with Crippen molar-refractivity contribution in [3.8, 4) is 11.4 Å². The number of nitrogens with zero attached hydrogens (tertiary/aromatic N) is 3. The summed E-state index contributed by atoms with van der Waals surface area (Å²) in [6.07, 6.45) is -2.86. The second-order valence-corrected chi connectivity index (χ2v) is 9.63. The quantitative estimate of drug-likeness (QED) is 0.271. The maximum Gasteiger partial charge on any atom is 0.418 e. The number of phenolic OH excluding ortho intramolecular Hbond substituents is 1. The van der Waals surface area contributed by atoms with Crippen molar-refractivity contribution in [3.05, 3.63) is 106 Å². The third-order valence-corrected chi connectivity index (χ3v) is 7.08. The SMILES string of the molecule is Cc1cc([C@H]2[C@H](c3ccccn3)NC(=S)N2c2cc(Cl)ccc2O)c(C)n1-c1ccccc1C(F)(F)F. The third kappa shape index (κ3) is 4.42. The molecule has 0 radical (unpaired) electrons. The van der Waals surface area contributed by atoms with E-state index in [0.29, 0.717) is 32.9 Å². The maximum absolute atomic E-state index is 13.9. The monoisotopic (exact) mass is 542 g/mol. The van der Waals surface area contributed by atoms with Crippen LogP contribution in [-0.4, -0.2) is 19.8 Å². The average Bonchev–Trinajstić information content (AvgIpc) is 3.35. The highest BCUT2D eigenvalue weighted by Gasteiger charge is 2.43. The normalized spacial score (nSPS) is 17.8. The number of thiocarbonyl (C=S) groups is 1. The van der Waals surface area contributed by atoms with Gasteiger partial charge in [0.05, 0.1) is 34.7 Å². The molecule has 0 spiro atoms. The summed E-state index contributed by atoms with van der Waals surface area (Å²) < 4.78 is 43.3. The van der Waals surface area contributed by atoms with E-state index in [-0.39, 0.29) is 11.4 Å². The largest absolute Gasteiger partial charge is 0.506 e. The Hall–Kier alpha value is -3.56. The number of alkyl halides is 3. The van der Waals surface area contributed by atoms with Crippen LogP contribution in [0.3, 0.4) is 0 Å². The van der Waals surface area contributed by atoms with Gasteiger partial charge < -0.3 is 19.9 Å². The number of phenols is 1. The highest BCUT2D eigenvalue weighted by molar-refractivity contribution is 7.80. The summed E-state index contributed by atoms with van der Waals surface area (Å²) in [6, 6.07) is 16.5. The molecule has 190 valence electrons. The number of hydrogen-bond acceptors (Lipinski definition) is 3. The van der Waals surface area contributed by atoms with Gasteiger partial charge in [0, 0.05) is 22.6 Å². The summed E-state index contributed by atoms with van der Waals surface area (Å²) >= 11 is 12.0. The lowest BCUT2D eigenvalue weighted by atomic mass is 9.96. The first-order valence-corrected chi connectivity index (χ1v) is 12.2. The highest BCUT2D eigenvalue weighted by atomic mass is 35.5. The molecule has 37 heavy (non-hydrogen) atoms. The Bertz CT molecular complexity index is 1490. The molecule has 1 saturated heterocycles. The maximum atomic E-state index is 13.9. The third-order valence-electron chi connectivity index (χ3n) is 6.53. The lowest BCUT2D eigenvalue weighted by Gasteiger charge is -2.29. The summed E-state index contributed by atoms with van der Waals surface area (Å²) in [5.74, 6) is -0.0311. The molecule has 0 aliphatic carbocycles. The van der Waals surface area contributed by atoms with Crippen molar-refractivity contribution in [2.24, 2.45) is 0 Å².